The zero-order chi connectivity index (χ0) is 39.9. The topological polar surface area (TPSA) is 194 Å². The number of aliphatic hydroxyl groups is 1. The van der Waals surface area contributed by atoms with Crippen LogP contribution in [-0.2, 0) is 40.6 Å². The number of hydrogen-bond donors (Lipinski definition) is 5. The number of methoxy groups -OCH3 is 2. The molecule has 0 aliphatic carbocycles. The number of ether oxygens (including phenoxy) is 5. The number of hydrogen-bond acceptors (Lipinski definition) is 12. The Hall–Kier alpha value is -5.49. The number of carboxylic acid groups (broad SMARTS) is 2. The lowest BCUT2D eigenvalue weighted by Gasteiger charge is -2.19. The molecule has 0 bridgehead atoms. The number of carbonyl (C=O) groups is 2. The molecule has 5 N–H and O–H groups in total. The van der Waals surface area contributed by atoms with Crippen LogP contribution in [0.1, 0.15) is 33.4 Å². The van der Waals surface area contributed by atoms with Crippen molar-refractivity contribution in [1.29, 1.82) is 0 Å². The van der Waals surface area contributed by atoms with Crippen LogP contribution in [-0.4, -0.2) is 88.5 Å². The summed E-state index contributed by atoms with van der Waals surface area (Å²) >= 11 is 0. The fraction of sp³-hybridized carbons (Fsp3) is 0.368. The third-order valence-corrected chi connectivity index (χ3v) is 9.11. The van der Waals surface area contributed by atoms with Gasteiger partial charge in [-0.1, -0.05) is 36.4 Å². The largest absolute Gasteiger partial charge is 0.481 e. The second kappa shape index (κ2) is 17.3. The smallest absolute Gasteiger partial charge is 0.377 e. The van der Waals surface area contributed by atoms with E-state index in [-0.39, 0.29) is 44.6 Å². The fourth-order valence-corrected chi connectivity index (χ4v) is 5.74. The molecular weight excluding hydrogens is 729 g/mol. The molecule has 1 aliphatic heterocycles. The Labute approximate surface area is 314 Å². The van der Waals surface area contributed by atoms with Crippen LogP contribution in [0, 0.1) is 13.8 Å². The molecule has 0 saturated carbocycles. The lowest BCUT2D eigenvalue weighted by atomic mass is 9.92. The number of benzene rings is 2. The number of aromatic nitrogens is 2. The predicted octanol–water partition coefficient (Wildman–Crippen LogP) is 4.34. The van der Waals surface area contributed by atoms with E-state index in [9.17, 15) is 27.9 Å². The summed E-state index contributed by atoms with van der Waals surface area (Å²) < 4.78 is 68.3. The molecule has 3 unspecified atom stereocenters. The van der Waals surface area contributed by atoms with Gasteiger partial charge in [0.2, 0.25) is 23.5 Å². The van der Waals surface area contributed by atoms with Crippen molar-refractivity contribution < 1.29 is 61.8 Å². The van der Waals surface area contributed by atoms with Gasteiger partial charge in [0.25, 0.3) is 0 Å². The quantitative estimate of drug-likeness (QED) is 0.0797. The van der Waals surface area contributed by atoms with E-state index in [4.69, 9.17) is 29.2 Å². The molecular formula is C38H41F3N4O10. The summed E-state index contributed by atoms with van der Waals surface area (Å²) in [5, 5.41) is 32.6. The molecule has 1 aliphatic rings. The van der Waals surface area contributed by atoms with Gasteiger partial charge in [0.05, 0.1) is 14.2 Å². The fourth-order valence-electron chi connectivity index (χ4n) is 5.74. The van der Waals surface area contributed by atoms with Gasteiger partial charge in [0.1, 0.15) is 25.4 Å². The Morgan fingerprint density at radius 3 is 1.75 bits per heavy atom. The highest BCUT2D eigenvalue weighted by molar-refractivity contribution is 5.79. The van der Waals surface area contributed by atoms with E-state index in [1.807, 2.05) is 50.2 Å². The first kappa shape index (κ1) is 40.7. The van der Waals surface area contributed by atoms with Crippen LogP contribution in [0.25, 0.3) is 11.1 Å². The van der Waals surface area contributed by atoms with Crippen molar-refractivity contribution in [3.05, 3.63) is 94.0 Å². The SMILES string of the molecule is COc1nc(OCc2cccc(-c3cccc(COc4ccc(CNCC5OC5(F)C(=O)O)c(OC)n4)c3C)c2C)ccc1CNCC(O)C(F)(F)C(=O)O. The zero-order valence-corrected chi connectivity index (χ0v) is 30.4. The van der Waals surface area contributed by atoms with Crippen LogP contribution in [0.3, 0.4) is 0 Å². The molecule has 2 aromatic heterocycles. The van der Waals surface area contributed by atoms with Gasteiger partial charge in [-0.05, 0) is 59.4 Å². The third-order valence-electron chi connectivity index (χ3n) is 9.11. The predicted molar refractivity (Wildman–Crippen MR) is 190 cm³/mol. The van der Waals surface area contributed by atoms with Gasteiger partial charge in [-0.2, -0.15) is 23.1 Å². The van der Waals surface area contributed by atoms with Crippen molar-refractivity contribution in [3.63, 3.8) is 0 Å². The molecule has 0 radical (unpaired) electrons. The van der Waals surface area contributed by atoms with Crippen molar-refractivity contribution in [3.8, 4) is 34.6 Å². The second-order valence-corrected chi connectivity index (χ2v) is 12.7. The maximum atomic E-state index is 13.9. The van der Waals surface area contributed by atoms with Crippen molar-refractivity contribution in [2.45, 2.75) is 64.1 Å². The summed E-state index contributed by atoms with van der Waals surface area (Å²) in [6.45, 7) is 3.93. The Morgan fingerprint density at radius 2 is 1.31 bits per heavy atom. The Kier molecular flexibility index (Phi) is 12.8. The minimum Gasteiger partial charge on any atom is -0.481 e. The summed E-state index contributed by atoms with van der Waals surface area (Å²) in [5.74, 6) is -9.97. The molecule has 3 heterocycles. The van der Waals surface area contributed by atoms with Crippen LogP contribution in [0.2, 0.25) is 0 Å². The molecule has 1 fully saturated rings. The molecule has 0 amide bonds. The first-order valence-electron chi connectivity index (χ1n) is 17.0. The van der Waals surface area contributed by atoms with E-state index in [1.54, 1.807) is 24.3 Å². The Bertz CT molecular complexity index is 2020. The van der Waals surface area contributed by atoms with E-state index in [2.05, 4.69) is 25.3 Å². The molecule has 14 nitrogen and oxygen atoms in total. The normalized spacial score (nSPS) is 17.0. The molecule has 4 aromatic rings. The zero-order valence-electron chi connectivity index (χ0n) is 30.4. The summed E-state index contributed by atoms with van der Waals surface area (Å²) in [6, 6.07) is 18.5. The Balaban J connectivity index is 1.19. The lowest BCUT2D eigenvalue weighted by molar-refractivity contribution is -0.181. The number of carboxylic acids is 2. The summed E-state index contributed by atoms with van der Waals surface area (Å²) in [5.41, 5.74) is 6.95. The monoisotopic (exact) mass is 770 g/mol. The summed E-state index contributed by atoms with van der Waals surface area (Å²) in [4.78, 5) is 30.4. The highest BCUT2D eigenvalue weighted by Gasteiger charge is 2.64. The second-order valence-electron chi connectivity index (χ2n) is 12.7. The highest BCUT2D eigenvalue weighted by atomic mass is 19.3. The number of rotatable bonds is 20. The van der Waals surface area contributed by atoms with Crippen LogP contribution >= 0.6 is 0 Å². The van der Waals surface area contributed by atoms with Crippen LogP contribution in [0.15, 0.2) is 60.7 Å². The minimum atomic E-state index is -4.30. The number of aliphatic hydroxyl groups excluding tert-OH is 1. The molecule has 1 saturated heterocycles. The van der Waals surface area contributed by atoms with Gasteiger partial charge >= 0.3 is 23.7 Å². The number of pyridine rings is 2. The number of nitrogens with one attached hydrogen (secondary N) is 2. The summed E-state index contributed by atoms with van der Waals surface area (Å²) in [6.07, 6.45) is -3.49. The highest BCUT2D eigenvalue weighted by Crippen LogP contribution is 2.38. The standard InChI is InChI=1S/C38H41F3N4O10/c1-21-25(19-53-31-13-11-23(33(44-31)51-3)15-42-17-29(46)37(39,40)35(47)48)7-5-9-27(21)28-10-6-8-26(22(28)2)20-54-32-14-12-24(34(45-32)52-4)16-43-18-30-38(41,55-30)36(49)50/h5-14,29-30,42-43,46H,15-20H2,1-4H3,(H,47,48)(H,49,50). The minimum absolute atomic E-state index is 0.00157. The van der Waals surface area contributed by atoms with E-state index in [1.165, 1.54) is 14.2 Å². The number of alkyl halides is 3. The number of halogens is 3. The molecule has 294 valence electrons. The molecule has 5 rings (SSSR count). The van der Waals surface area contributed by atoms with E-state index >= 15 is 0 Å². The first-order valence-corrected chi connectivity index (χ1v) is 17.0. The average Bonchev–Trinajstić information content (AvgIpc) is 3.85. The van der Waals surface area contributed by atoms with Crippen molar-refractivity contribution >= 4 is 11.9 Å². The van der Waals surface area contributed by atoms with Gasteiger partial charge in [0, 0.05) is 49.4 Å². The van der Waals surface area contributed by atoms with Crippen LogP contribution in [0.5, 0.6) is 23.5 Å². The third kappa shape index (κ3) is 9.43. The molecule has 0 spiro atoms. The van der Waals surface area contributed by atoms with Crippen molar-refractivity contribution in [2.24, 2.45) is 0 Å². The van der Waals surface area contributed by atoms with Crippen LogP contribution < -0.4 is 29.6 Å². The molecule has 3 atom stereocenters. The average molecular weight is 771 g/mol. The first-order chi connectivity index (χ1) is 26.2. The molecule has 17 heteroatoms. The van der Waals surface area contributed by atoms with E-state index < -0.39 is 42.5 Å². The van der Waals surface area contributed by atoms with Gasteiger partial charge in [-0.3, -0.25) is 0 Å². The van der Waals surface area contributed by atoms with Gasteiger partial charge in [-0.25, -0.2) is 9.59 Å². The van der Waals surface area contributed by atoms with E-state index in [0.29, 0.717) is 22.9 Å². The number of aliphatic carboxylic acids is 2. The maximum Gasteiger partial charge on any atom is 0.377 e. The van der Waals surface area contributed by atoms with Gasteiger partial charge in [0.15, 0.2) is 0 Å². The maximum absolute atomic E-state index is 13.9. The number of epoxide rings is 1. The molecule has 55 heavy (non-hydrogen) atoms. The van der Waals surface area contributed by atoms with Crippen LogP contribution in [0.4, 0.5) is 13.2 Å². The van der Waals surface area contributed by atoms with Gasteiger partial charge in [-0.15, -0.1) is 0 Å². The number of nitrogens with zero attached hydrogens (tertiary/aromatic N) is 2. The molecule has 2 aromatic carbocycles. The summed E-state index contributed by atoms with van der Waals surface area (Å²) in [7, 11) is 2.85. The van der Waals surface area contributed by atoms with Crippen molar-refractivity contribution in [1.82, 2.24) is 20.6 Å². The Morgan fingerprint density at radius 1 is 0.818 bits per heavy atom. The van der Waals surface area contributed by atoms with E-state index in [0.717, 1.165) is 33.4 Å². The van der Waals surface area contributed by atoms with Crippen molar-refractivity contribution in [2.75, 3.05) is 27.3 Å². The van der Waals surface area contributed by atoms with Gasteiger partial charge < -0.3 is 49.6 Å². The lowest BCUT2D eigenvalue weighted by Crippen LogP contribution is -2.46.